The number of amides is 1. The van der Waals surface area contributed by atoms with Gasteiger partial charge in [-0.05, 0) is 18.2 Å². The van der Waals surface area contributed by atoms with Crippen molar-refractivity contribution < 1.29 is 14.7 Å². The van der Waals surface area contributed by atoms with Crippen molar-refractivity contribution in [3.63, 3.8) is 0 Å². The van der Waals surface area contributed by atoms with Crippen LogP contribution in [0.2, 0.25) is 10.0 Å². The smallest absolute Gasteiger partial charge is 0.322 e. The molecule has 2 rings (SSSR count). The van der Waals surface area contributed by atoms with Crippen molar-refractivity contribution in [1.29, 1.82) is 0 Å². The Balaban J connectivity index is 2.00. The van der Waals surface area contributed by atoms with E-state index in [2.05, 4.69) is 10.6 Å². The zero-order valence-corrected chi connectivity index (χ0v) is 12.6. The van der Waals surface area contributed by atoms with Gasteiger partial charge in [0.25, 0.3) is 0 Å². The number of piperazine rings is 1. The maximum atomic E-state index is 12.0. The average Bonchev–Trinajstić information content (AvgIpc) is 2.43. The number of aliphatic carboxylic acids is 1. The first-order valence-corrected chi connectivity index (χ1v) is 7.15. The molecule has 3 N–H and O–H groups in total. The fraction of sp³-hybridized carbons (Fsp3) is 0.385. The number of rotatable bonds is 4. The van der Waals surface area contributed by atoms with E-state index >= 15 is 0 Å². The summed E-state index contributed by atoms with van der Waals surface area (Å²) in [7, 11) is 0. The summed E-state index contributed by atoms with van der Waals surface area (Å²) in [6, 6.07) is 4.05. The quantitative estimate of drug-likeness (QED) is 0.774. The van der Waals surface area contributed by atoms with Crippen molar-refractivity contribution in [2.45, 2.75) is 6.04 Å². The lowest BCUT2D eigenvalue weighted by Gasteiger charge is -2.32. The van der Waals surface area contributed by atoms with E-state index in [1.807, 2.05) is 0 Å². The third-order valence-corrected chi connectivity index (χ3v) is 3.75. The first-order valence-electron chi connectivity index (χ1n) is 6.40. The Hall–Kier alpha value is -1.34. The Morgan fingerprint density at radius 3 is 2.90 bits per heavy atom. The van der Waals surface area contributed by atoms with Gasteiger partial charge in [-0.2, -0.15) is 0 Å². The van der Waals surface area contributed by atoms with Gasteiger partial charge in [-0.25, -0.2) is 0 Å². The van der Waals surface area contributed by atoms with Crippen LogP contribution in [-0.2, 0) is 9.59 Å². The van der Waals surface area contributed by atoms with E-state index in [0.717, 1.165) is 0 Å². The molecule has 1 aromatic rings. The lowest BCUT2D eigenvalue weighted by atomic mass is 10.2. The van der Waals surface area contributed by atoms with E-state index in [1.165, 1.54) is 0 Å². The molecule has 8 heteroatoms. The van der Waals surface area contributed by atoms with Gasteiger partial charge in [0.2, 0.25) is 5.91 Å². The van der Waals surface area contributed by atoms with Crippen molar-refractivity contribution in [3.05, 3.63) is 28.2 Å². The van der Waals surface area contributed by atoms with Gasteiger partial charge in [-0.1, -0.05) is 23.2 Å². The van der Waals surface area contributed by atoms with E-state index in [1.54, 1.807) is 23.1 Å². The van der Waals surface area contributed by atoms with Crippen LogP contribution in [-0.4, -0.2) is 54.1 Å². The number of nitrogens with one attached hydrogen (secondary N) is 2. The summed E-state index contributed by atoms with van der Waals surface area (Å²) in [4.78, 5) is 24.8. The van der Waals surface area contributed by atoms with Gasteiger partial charge in [0.15, 0.2) is 0 Å². The monoisotopic (exact) mass is 331 g/mol. The number of carbonyl (C=O) groups excluding carboxylic acids is 1. The zero-order valence-electron chi connectivity index (χ0n) is 11.1. The summed E-state index contributed by atoms with van der Waals surface area (Å²) in [5.74, 6) is -1.27. The summed E-state index contributed by atoms with van der Waals surface area (Å²) >= 11 is 11.8. The van der Waals surface area contributed by atoms with E-state index in [-0.39, 0.29) is 12.5 Å². The maximum Gasteiger partial charge on any atom is 0.322 e. The molecule has 21 heavy (non-hydrogen) atoms. The van der Waals surface area contributed by atoms with E-state index < -0.39 is 12.0 Å². The molecular formula is C13H15Cl2N3O3. The molecule has 1 aromatic carbocycles. The number of carboxylic acid groups (broad SMARTS) is 1. The van der Waals surface area contributed by atoms with Crippen LogP contribution >= 0.6 is 23.2 Å². The van der Waals surface area contributed by atoms with Gasteiger partial charge in [0, 0.05) is 24.7 Å². The highest BCUT2D eigenvalue weighted by Crippen LogP contribution is 2.25. The van der Waals surface area contributed by atoms with Crippen LogP contribution in [0.5, 0.6) is 0 Å². The summed E-state index contributed by atoms with van der Waals surface area (Å²) < 4.78 is 0. The molecule has 0 saturated carbocycles. The van der Waals surface area contributed by atoms with Crippen LogP contribution in [0, 0.1) is 0 Å². The minimum atomic E-state index is -0.948. The largest absolute Gasteiger partial charge is 0.480 e. The number of halogens is 2. The van der Waals surface area contributed by atoms with Gasteiger partial charge < -0.3 is 15.7 Å². The van der Waals surface area contributed by atoms with Crippen LogP contribution in [0.25, 0.3) is 0 Å². The second kappa shape index (κ2) is 7.09. The molecule has 0 spiro atoms. The standard InChI is InChI=1S/C13H15Cl2N3O3/c14-8-1-2-9(15)10(5-8)17-12(19)7-18-4-3-16-6-11(18)13(20)21/h1-2,5,11,16H,3-4,6-7H2,(H,17,19)(H,20,21). The molecule has 1 amide bonds. The van der Waals surface area contributed by atoms with Crippen LogP contribution in [0.4, 0.5) is 5.69 Å². The Morgan fingerprint density at radius 2 is 2.19 bits per heavy atom. The second-order valence-electron chi connectivity index (χ2n) is 4.70. The molecule has 0 aromatic heterocycles. The Morgan fingerprint density at radius 1 is 1.43 bits per heavy atom. The molecule has 1 unspecified atom stereocenters. The molecule has 1 atom stereocenters. The highest BCUT2D eigenvalue weighted by molar-refractivity contribution is 6.35. The fourth-order valence-corrected chi connectivity index (χ4v) is 2.48. The summed E-state index contributed by atoms with van der Waals surface area (Å²) in [5, 5.41) is 15.6. The second-order valence-corrected chi connectivity index (χ2v) is 5.54. The third-order valence-electron chi connectivity index (χ3n) is 3.19. The molecule has 1 aliphatic heterocycles. The lowest BCUT2D eigenvalue weighted by molar-refractivity contribution is -0.144. The third kappa shape index (κ3) is 4.31. The molecule has 1 aliphatic rings. The van der Waals surface area contributed by atoms with Gasteiger partial charge in [0.05, 0.1) is 17.3 Å². The highest BCUT2D eigenvalue weighted by Gasteiger charge is 2.29. The summed E-state index contributed by atoms with van der Waals surface area (Å²) in [5.41, 5.74) is 0.413. The average molecular weight is 332 g/mol. The number of carbonyl (C=O) groups is 2. The summed E-state index contributed by atoms with van der Waals surface area (Å²) in [6.07, 6.45) is 0. The van der Waals surface area contributed by atoms with Crippen molar-refractivity contribution in [2.75, 3.05) is 31.5 Å². The Labute approximate surface area is 132 Å². The highest BCUT2D eigenvalue weighted by atomic mass is 35.5. The van der Waals surface area contributed by atoms with Gasteiger partial charge in [0.1, 0.15) is 6.04 Å². The first kappa shape index (κ1) is 16.0. The van der Waals surface area contributed by atoms with Crippen molar-refractivity contribution in [1.82, 2.24) is 10.2 Å². The van der Waals surface area contributed by atoms with E-state index in [4.69, 9.17) is 28.3 Å². The summed E-state index contributed by atoms with van der Waals surface area (Å²) in [6.45, 7) is 1.45. The van der Waals surface area contributed by atoms with Gasteiger partial charge >= 0.3 is 5.97 Å². The van der Waals surface area contributed by atoms with Gasteiger partial charge in [-0.15, -0.1) is 0 Å². The number of hydrogen-bond donors (Lipinski definition) is 3. The van der Waals surface area contributed by atoms with Gasteiger partial charge in [-0.3, -0.25) is 14.5 Å². The molecular weight excluding hydrogens is 317 g/mol. The molecule has 1 saturated heterocycles. The number of anilines is 1. The van der Waals surface area contributed by atoms with Crippen LogP contribution < -0.4 is 10.6 Å². The van der Waals surface area contributed by atoms with Crippen LogP contribution in [0.1, 0.15) is 0 Å². The normalized spacial score (nSPS) is 19.2. The predicted molar refractivity (Wildman–Crippen MR) is 81.0 cm³/mol. The molecule has 114 valence electrons. The van der Waals surface area contributed by atoms with Crippen molar-refractivity contribution >= 4 is 40.8 Å². The zero-order chi connectivity index (χ0) is 15.4. The predicted octanol–water partition coefficient (Wildman–Crippen LogP) is 1.29. The van der Waals surface area contributed by atoms with Crippen LogP contribution in [0.3, 0.4) is 0 Å². The lowest BCUT2D eigenvalue weighted by Crippen LogP contribution is -2.56. The molecule has 1 heterocycles. The minimum Gasteiger partial charge on any atom is -0.480 e. The minimum absolute atomic E-state index is 0.0124. The van der Waals surface area contributed by atoms with E-state index in [9.17, 15) is 9.59 Å². The molecule has 0 aliphatic carbocycles. The first-order chi connectivity index (χ1) is 9.97. The maximum absolute atomic E-state index is 12.0. The number of nitrogens with zero attached hydrogens (tertiary/aromatic N) is 1. The number of hydrogen-bond acceptors (Lipinski definition) is 4. The molecule has 6 nitrogen and oxygen atoms in total. The number of benzene rings is 1. The Bertz CT molecular complexity index is 553. The van der Waals surface area contributed by atoms with E-state index in [0.29, 0.717) is 35.4 Å². The molecule has 0 radical (unpaired) electrons. The van der Waals surface area contributed by atoms with Crippen LogP contribution in [0.15, 0.2) is 18.2 Å². The number of carboxylic acids is 1. The SMILES string of the molecule is O=C(CN1CCNCC1C(=O)O)Nc1cc(Cl)ccc1Cl. The van der Waals surface area contributed by atoms with Crippen molar-refractivity contribution in [2.24, 2.45) is 0 Å². The van der Waals surface area contributed by atoms with Crippen molar-refractivity contribution in [3.8, 4) is 0 Å². The molecule has 0 bridgehead atoms. The fourth-order valence-electron chi connectivity index (χ4n) is 2.15. The molecule has 1 fully saturated rings. The Kier molecular flexibility index (Phi) is 5.41. The topological polar surface area (TPSA) is 81.7 Å².